The van der Waals surface area contributed by atoms with Gasteiger partial charge in [0.1, 0.15) is 5.82 Å². The molecule has 0 aliphatic carbocycles. The van der Waals surface area contributed by atoms with E-state index in [1.807, 2.05) is 49.1 Å². The van der Waals surface area contributed by atoms with Crippen LogP contribution in [0.4, 0.5) is 15.8 Å². The molecule has 2 aromatic carbocycles. The Morgan fingerprint density at radius 3 is 2.48 bits per heavy atom. The molecule has 3 rings (SSSR count). The number of benzene rings is 2. The summed E-state index contributed by atoms with van der Waals surface area (Å²) < 4.78 is 13.9. The highest BCUT2D eigenvalue weighted by Crippen LogP contribution is 2.21. The molecular weight excluding hydrogens is 317 g/mol. The second-order valence-electron chi connectivity index (χ2n) is 6.51. The van der Waals surface area contributed by atoms with E-state index in [2.05, 4.69) is 10.2 Å². The molecule has 0 aromatic heterocycles. The van der Waals surface area contributed by atoms with Crippen molar-refractivity contribution in [2.24, 2.45) is 0 Å². The van der Waals surface area contributed by atoms with E-state index in [0.717, 1.165) is 24.3 Å². The SMILES string of the molecule is Cc1cccc(NC(=O)[C@@H](C)N2CCN(c3ccccc3F)CC2)c1. The Morgan fingerprint density at radius 1 is 1.08 bits per heavy atom. The Labute approximate surface area is 148 Å². The maximum atomic E-state index is 13.9. The van der Waals surface area contributed by atoms with E-state index in [4.69, 9.17) is 0 Å². The highest BCUT2D eigenvalue weighted by molar-refractivity contribution is 5.94. The molecule has 0 spiro atoms. The van der Waals surface area contributed by atoms with E-state index >= 15 is 0 Å². The van der Waals surface area contributed by atoms with Gasteiger partial charge in [-0.3, -0.25) is 9.69 Å². The molecule has 1 N–H and O–H groups in total. The Morgan fingerprint density at radius 2 is 1.80 bits per heavy atom. The largest absolute Gasteiger partial charge is 0.367 e. The number of hydrogen-bond acceptors (Lipinski definition) is 3. The number of nitrogens with one attached hydrogen (secondary N) is 1. The van der Waals surface area contributed by atoms with Crippen molar-refractivity contribution >= 4 is 17.3 Å². The van der Waals surface area contributed by atoms with Gasteiger partial charge in [0.15, 0.2) is 0 Å². The number of hydrogen-bond donors (Lipinski definition) is 1. The first-order valence-electron chi connectivity index (χ1n) is 8.65. The number of aryl methyl sites for hydroxylation is 1. The van der Waals surface area contributed by atoms with Crippen molar-refractivity contribution in [3.8, 4) is 0 Å². The molecule has 1 aliphatic heterocycles. The molecule has 4 nitrogen and oxygen atoms in total. The lowest BCUT2D eigenvalue weighted by molar-refractivity contribution is -0.120. The lowest BCUT2D eigenvalue weighted by Crippen LogP contribution is -2.53. The van der Waals surface area contributed by atoms with Crippen LogP contribution in [0, 0.1) is 12.7 Å². The molecule has 1 atom stereocenters. The molecule has 132 valence electrons. The second-order valence-corrected chi connectivity index (χ2v) is 6.51. The first kappa shape index (κ1) is 17.4. The standard InChI is InChI=1S/C20H24FN3O/c1-15-6-5-7-17(14-15)22-20(25)16(2)23-10-12-24(13-11-23)19-9-4-3-8-18(19)21/h3-9,14,16H,10-13H2,1-2H3,(H,22,25)/t16-/m1/s1. The molecule has 1 heterocycles. The van der Waals surface area contributed by atoms with E-state index in [0.29, 0.717) is 18.8 Å². The zero-order valence-corrected chi connectivity index (χ0v) is 14.7. The van der Waals surface area contributed by atoms with Crippen molar-refractivity contribution in [2.45, 2.75) is 19.9 Å². The van der Waals surface area contributed by atoms with Gasteiger partial charge in [-0.1, -0.05) is 24.3 Å². The Hall–Kier alpha value is -2.40. The average Bonchev–Trinajstić information content (AvgIpc) is 2.62. The molecule has 5 heteroatoms. The first-order valence-corrected chi connectivity index (χ1v) is 8.65. The van der Waals surface area contributed by atoms with Gasteiger partial charge in [-0.15, -0.1) is 0 Å². The van der Waals surface area contributed by atoms with E-state index in [1.165, 1.54) is 6.07 Å². The summed E-state index contributed by atoms with van der Waals surface area (Å²) in [6, 6.07) is 14.4. The summed E-state index contributed by atoms with van der Waals surface area (Å²) in [4.78, 5) is 16.7. The molecule has 0 saturated carbocycles. The van der Waals surface area contributed by atoms with Crippen molar-refractivity contribution < 1.29 is 9.18 Å². The van der Waals surface area contributed by atoms with Crippen molar-refractivity contribution in [1.29, 1.82) is 0 Å². The molecule has 1 aliphatic rings. The zero-order chi connectivity index (χ0) is 17.8. The van der Waals surface area contributed by atoms with Gasteiger partial charge in [-0.05, 0) is 43.7 Å². The third-order valence-corrected chi connectivity index (χ3v) is 4.72. The lowest BCUT2D eigenvalue weighted by Gasteiger charge is -2.38. The van der Waals surface area contributed by atoms with Crippen molar-refractivity contribution in [3.05, 3.63) is 59.9 Å². The number of carbonyl (C=O) groups is 1. The maximum absolute atomic E-state index is 13.9. The Balaban J connectivity index is 1.57. The van der Waals surface area contributed by atoms with Gasteiger partial charge in [0.05, 0.1) is 11.7 Å². The quantitative estimate of drug-likeness (QED) is 0.927. The van der Waals surface area contributed by atoms with Crippen LogP contribution >= 0.6 is 0 Å². The third-order valence-electron chi connectivity index (χ3n) is 4.72. The molecule has 1 amide bonds. The highest BCUT2D eigenvalue weighted by Gasteiger charge is 2.26. The lowest BCUT2D eigenvalue weighted by atomic mass is 10.1. The normalized spacial score (nSPS) is 16.5. The summed E-state index contributed by atoms with van der Waals surface area (Å²) in [7, 11) is 0. The van der Waals surface area contributed by atoms with Crippen LogP contribution < -0.4 is 10.2 Å². The summed E-state index contributed by atoms with van der Waals surface area (Å²) in [6.45, 7) is 6.81. The van der Waals surface area contributed by atoms with Gasteiger partial charge in [-0.2, -0.15) is 0 Å². The smallest absolute Gasteiger partial charge is 0.241 e. The molecule has 0 radical (unpaired) electrons. The predicted octanol–water partition coefficient (Wildman–Crippen LogP) is 3.28. The van der Waals surface area contributed by atoms with Gasteiger partial charge in [0.2, 0.25) is 5.91 Å². The van der Waals surface area contributed by atoms with Gasteiger partial charge in [0, 0.05) is 31.9 Å². The van der Waals surface area contributed by atoms with Crippen LogP contribution in [0.5, 0.6) is 0 Å². The Bertz CT molecular complexity index is 741. The number of nitrogens with zero attached hydrogens (tertiary/aromatic N) is 2. The van der Waals surface area contributed by atoms with Crippen LogP contribution in [0.2, 0.25) is 0 Å². The van der Waals surface area contributed by atoms with Gasteiger partial charge in [-0.25, -0.2) is 4.39 Å². The van der Waals surface area contributed by atoms with Crippen LogP contribution in [0.1, 0.15) is 12.5 Å². The molecule has 1 fully saturated rings. The summed E-state index contributed by atoms with van der Waals surface area (Å²) in [5, 5.41) is 2.98. The van der Waals surface area contributed by atoms with Crippen LogP contribution in [-0.2, 0) is 4.79 Å². The molecular formula is C20H24FN3O. The minimum absolute atomic E-state index is 0.00931. The summed E-state index contributed by atoms with van der Waals surface area (Å²) in [5.74, 6) is -0.203. The number of amides is 1. The summed E-state index contributed by atoms with van der Waals surface area (Å²) in [6.07, 6.45) is 0. The van der Waals surface area contributed by atoms with Crippen LogP contribution in [0.3, 0.4) is 0 Å². The van der Waals surface area contributed by atoms with Gasteiger partial charge >= 0.3 is 0 Å². The highest BCUT2D eigenvalue weighted by atomic mass is 19.1. The minimum atomic E-state index is -0.219. The predicted molar refractivity (Wildman–Crippen MR) is 99.5 cm³/mol. The average molecular weight is 341 g/mol. The maximum Gasteiger partial charge on any atom is 0.241 e. The molecule has 2 aromatic rings. The van der Waals surface area contributed by atoms with E-state index in [9.17, 15) is 9.18 Å². The van der Waals surface area contributed by atoms with Crippen molar-refractivity contribution in [3.63, 3.8) is 0 Å². The number of rotatable bonds is 4. The van der Waals surface area contributed by atoms with Crippen LogP contribution in [0.15, 0.2) is 48.5 Å². The number of para-hydroxylation sites is 1. The number of halogens is 1. The van der Waals surface area contributed by atoms with Crippen molar-refractivity contribution in [1.82, 2.24) is 4.90 Å². The fraction of sp³-hybridized carbons (Fsp3) is 0.350. The molecule has 1 saturated heterocycles. The number of anilines is 2. The van der Waals surface area contributed by atoms with E-state index in [1.54, 1.807) is 12.1 Å². The fourth-order valence-electron chi connectivity index (χ4n) is 3.19. The van der Waals surface area contributed by atoms with Crippen LogP contribution in [0.25, 0.3) is 0 Å². The van der Waals surface area contributed by atoms with E-state index in [-0.39, 0.29) is 17.8 Å². The van der Waals surface area contributed by atoms with Gasteiger partial charge in [0.25, 0.3) is 0 Å². The molecule has 25 heavy (non-hydrogen) atoms. The van der Waals surface area contributed by atoms with Crippen LogP contribution in [-0.4, -0.2) is 43.0 Å². The van der Waals surface area contributed by atoms with E-state index < -0.39 is 0 Å². The molecule has 0 unspecified atom stereocenters. The monoisotopic (exact) mass is 341 g/mol. The minimum Gasteiger partial charge on any atom is -0.367 e. The number of carbonyl (C=O) groups excluding carboxylic acids is 1. The summed E-state index contributed by atoms with van der Waals surface area (Å²) >= 11 is 0. The van der Waals surface area contributed by atoms with Gasteiger partial charge < -0.3 is 10.2 Å². The molecule has 0 bridgehead atoms. The first-order chi connectivity index (χ1) is 12.0. The third kappa shape index (κ3) is 4.17. The number of piperazine rings is 1. The zero-order valence-electron chi connectivity index (χ0n) is 14.7. The topological polar surface area (TPSA) is 35.6 Å². The fourth-order valence-corrected chi connectivity index (χ4v) is 3.19. The second kappa shape index (κ2) is 7.66. The van der Waals surface area contributed by atoms with Crippen molar-refractivity contribution in [2.75, 3.05) is 36.4 Å². The Kier molecular flexibility index (Phi) is 5.34. The summed E-state index contributed by atoms with van der Waals surface area (Å²) in [5.41, 5.74) is 2.57.